The zero-order valence-electron chi connectivity index (χ0n) is 5.35. The Kier molecular flexibility index (Phi) is 1.87. The van der Waals surface area contributed by atoms with Crippen molar-refractivity contribution in [3.8, 4) is 0 Å². The highest BCUT2D eigenvalue weighted by Gasteiger charge is 2.45. The van der Waals surface area contributed by atoms with E-state index in [4.69, 9.17) is 0 Å². The fraction of sp³-hybridized carbons (Fsp3) is 1.00. The summed E-state index contributed by atoms with van der Waals surface area (Å²) in [7, 11) is -3.65. The van der Waals surface area contributed by atoms with Gasteiger partial charge in [-0.1, -0.05) is 0 Å². The normalized spacial score (nSPS) is 30.6. The summed E-state index contributed by atoms with van der Waals surface area (Å²) in [5, 5.41) is 0. The van der Waals surface area contributed by atoms with Crippen LogP contribution in [0.15, 0.2) is 0 Å². The molecule has 0 unspecified atom stereocenters. The highest BCUT2D eigenvalue weighted by atomic mass is 32.2. The Morgan fingerprint density at radius 1 is 1.36 bits per heavy atom. The monoisotopic (exact) mass is 189 g/mol. The van der Waals surface area contributed by atoms with Crippen LogP contribution in [0.2, 0.25) is 0 Å². The summed E-state index contributed by atoms with van der Waals surface area (Å²) < 4.78 is 57.8. The predicted octanol–water partition coefficient (Wildman–Crippen LogP) is 0.240. The molecule has 1 saturated heterocycles. The van der Waals surface area contributed by atoms with Crippen molar-refractivity contribution in [1.29, 1.82) is 0 Å². The molecule has 1 rings (SSSR count). The van der Waals surface area contributed by atoms with E-state index in [1.54, 1.807) is 0 Å². The third-order valence-corrected chi connectivity index (χ3v) is 2.81. The number of halogens is 3. The average molecular weight is 189 g/mol. The van der Waals surface area contributed by atoms with Crippen LogP contribution >= 0.6 is 0 Å². The van der Waals surface area contributed by atoms with Gasteiger partial charge in [0.2, 0.25) is 10.0 Å². The van der Waals surface area contributed by atoms with Crippen molar-refractivity contribution in [1.82, 2.24) is 4.72 Å². The number of alkyl halides is 3. The molecular weight excluding hydrogens is 183 g/mol. The van der Waals surface area contributed by atoms with E-state index >= 15 is 0 Å². The van der Waals surface area contributed by atoms with E-state index in [9.17, 15) is 21.6 Å². The Bertz CT molecular complexity index is 245. The van der Waals surface area contributed by atoms with Gasteiger partial charge in [-0.2, -0.15) is 13.2 Å². The summed E-state index contributed by atoms with van der Waals surface area (Å²) in [6.07, 6.45) is -4.84. The first-order chi connectivity index (χ1) is 4.81. The molecule has 0 spiro atoms. The van der Waals surface area contributed by atoms with Gasteiger partial charge in [0, 0.05) is 0 Å². The largest absolute Gasteiger partial charge is 0.404 e. The number of rotatable bonds is 0. The quantitative estimate of drug-likeness (QED) is 0.593. The zero-order chi connectivity index (χ0) is 8.70. The van der Waals surface area contributed by atoms with Crippen LogP contribution in [0.1, 0.15) is 6.42 Å². The van der Waals surface area contributed by atoms with Crippen LogP contribution in [-0.2, 0) is 10.0 Å². The van der Waals surface area contributed by atoms with Crippen LogP contribution in [0.25, 0.3) is 0 Å². The Balaban J connectivity index is 2.70. The third kappa shape index (κ3) is 2.06. The molecule has 11 heavy (non-hydrogen) atoms. The van der Waals surface area contributed by atoms with E-state index in [-0.39, 0.29) is 6.42 Å². The maximum Gasteiger partial charge on any atom is 0.404 e. The second kappa shape index (κ2) is 2.34. The van der Waals surface area contributed by atoms with E-state index in [2.05, 4.69) is 0 Å². The van der Waals surface area contributed by atoms with Gasteiger partial charge < -0.3 is 0 Å². The highest BCUT2D eigenvalue weighted by molar-refractivity contribution is 7.89. The SMILES string of the molecule is O=S1(=O)CC[C@H](C(F)(F)F)N1. The first-order valence-electron chi connectivity index (χ1n) is 2.88. The molecule has 1 N–H and O–H groups in total. The van der Waals surface area contributed by atoms with Gasteiger partial charge in [0.05, 0.1) is 5.75 Å². The lowest BCUT2D eigenvalue weighted by Crippen LogP contribution is -2.38. The summed E-state index contributed by atoms with van der Waals surface area (Å²) in [6.45, 7) is 0. The van der Waals surface area contributed by atoms with Crippen molar-refractivity contribution in [3.63, 3.8) is 0 Å². The summed E-state index contributed by atoms with van der Waals surface area (Å²) in [5.74, 6) is -0.433. The van der Waals surface area contributed by atoms with Crippen molar-refractivity contribution >= 4 is 10.0 Å². The molecule has 1 fully saturated rings. The van der Waals surface area contributed by atoms with Crippen molar-refractivity contribution < 1.29 is 21.6 Å². The predicted molar refractivity (Wildman–Crippen MR) is 31.4 cm³/mol. The Hall–Kier alpha value is -0.300. The second-order valence-corrected chi connectivity index (χ2v) is 4.19. The first kappa shape index (κ1) is 8.79. The van der Waals surface area contributed by atoms with Gasteiger partial charge in [-0.25, -0.2) is 13.1 Å². The molecule has 0 amide bonds. The van der Waals surface area contributed by atoms with Gasteiger partial charge in [0.1, 0.15) is 6.04 Å². The smallest absolute Gasteiger partial charge is 0.212 e. The number of sulfonamides is 1. The minimum absolute atomic E-state index is 0.383. The molecule has 1 aliphatic heterocycles. The first-order valence-corrected chi connectivity index (χ1v) is 4.53. The van der Waals surface area contributed by atoms with Gasteiger partial charge in [-0.3, -0.25) is 0 Å². The van der Waals surface area contributed by atoms with Crippen LogP contribution in [0, 0.1) is 0 Å². The molecule has 1 aliphatic rings. The average Bonchev–Trinajstić information content (AvgIpc) is 2.07. The maximum absolute atomic E-state index is 11.8. The van der Waals surface area contributed by atoms with Crippen LogP contribution in [-0.4, -0.2) is 26.4 Å². The third-order valence-electron chi connectivity index (χ3n) is 1.39. The lowest BCUT2D eigenvalue weighted by atomic mass is 10.2. The topological polar surface area (TPSA) is 46.2 Å². The van der Waals surface area contributed by atoms with E-state index in [0.29, 0.717) is 0 Å². The van der Waals surface area contributed by atoms with Crippen molar-refractivity contribution in [3.05, 3.63) is 0 Å². The summed E-state index contributed by atoms with van der Waals surface area (Å²) in [4.78, 5) is 0. The Labute approximate surface area is 61.6 Å². The molecule has 1 atom stereocenters. The Morgan fingerprint density at radius 2 is 1.91 bits per heavy atom. The Morgan fingerprint density at radius 3 is 2.09 bits per heavy atom. The van der Waals surface area contributed by atoms with Gasteiger partial charge in [0.15, 0.2) is 0 Å². The molecule has 0 aromatic rings. The fourth-order valence-electron chi connectivity index (χ4n) is 0.838. The van der Waals surface area contributed by atoms with Crippen LogP contribution in [0.5, 0.6) is 0 Å². The lowest BCUT2D eigenvalue weighted by Gasteiger charge is -2.12. The van der Waals surface area contributed by atoms with E-state index in [1.807, 2.05) is 0 Å². The van der Waals surface area contributed by atoms with Crippen molar-refractivity contribution in [2.24, 2.45) is 0 Å². The molecular formula is C4H6F3NO2S. The molecule has 0 bridgehead atoms. The van der Waals surface area contributed by atoms with Crippen molar-refractivity contribution in [2.45, 2.75) is 18.6 Å². The van der Waals surface area contributed by atoms with E-state index < -0.39 is 28.0 Å². The zero-order valence-corrected chi connectivity index (χ0v) is 6.17. The second-order valence-electron chi connectivity index (χ2n) is 2.32. The lowest BCUT2D eigenvalue weighted by molar-refractivity contribution is -0.149. The molecule has 0 radical (unpaired) electrons. The van der Waals surface area contributed by atoms with Gasteiger partial charge in [-0.05, 0) is 6.42 Å². The van der Waals surface area contributed by atoms with Crippen LogP contribution < -0.4 is 4.72 Å². The minimum atomic E-state index is -4.45. The van der Waals surface area contributed by atoms with Gasteiger partial charge in [0.25, 0.3) is 0 Å². The molecule has 3 nitrogen and oxygen atoms in total. The number of hydrogen-bond acceptors (Lipinski definition) is 2. The highest BCUT2D eigenvalue weighted by Crippen LogP contribution is 2.26. The van der Waals surface area contributed by atoms with Crippen LogP contribution in [0.3, 0.4) is 0 Å². The van der Waals surface area contributed by atoms with Gasteiger partial charge in [-0.15, -0.1) is 0 Å². The standard InChI is InChI=1S/C4H6F3NO2S/c5-4(6,7)3-1-2-11(9,10)8-3/h3,8H,1-2H2/t3-/m1/s1. The van der Waals surface area contributed by atoms with E-state index in [1.165, 1.54) is 4.72 Å². The van der Waals surface area contributed by atoms with Gasteiger partial charge >= 0.3 is 6.18 Å². The molecule has 0 aromatic heterocycles. The molecule has 7 heteroatoms. The summed E-state index contributed by atoms with van der Waals surface area (Å²) >= 11 is 0. The number of hydrogen-bond donors (Lipinski definition) is 1. The maximum atomic E-state index is 11.8. The molecule has 1 heterocycles. The van der Waals surface area contributed by atoms with E-state index in [0.717, 1.165) is 0 Å². The number of nitrogens with one attached hydrogen (secondary N) is 1. The molecule has 0 aliphatic carbocycles. The summed E-state index contributed by atoms with van der Waals surface area (Å²) in [5.41, 5.74) is 0. The van der Waals surface area contributed by atoms with Crippen LogP contribution in [0.4, 0.5) is 13.2 Å². The summed E-state index contributed by atoms with van der Waals surface area (Å²) in [6, 6.07) is -1.88. The molecule has 66 valence electrons. The van der Waals surface area contributed by atoms with Crippen molar-refractivity contribution in [2.75, 3.05) is 5.75 Å². The molecule has 0 aromatic carbocycles. The fourth-order valence-corrected chi connectivity index (χ4v) is 2.19. The minimum Gasteiger partial charge on any atom is -0.212 e. The molecule has 0 saturated carbocycles.